The Morgan fingerprint density at radius 2 is 1.85 bits per heavy atom. The number of halogens is 1. The van der Waals surface area contributed by atoms with Gasteiger partial charge in [0.15, 0.2) is 11.5 Å². The summed E-state index contributed by atoms with van der Waals surface area (Å²) in [4.78, 5) is 12.6. The molecule has 0 unspecified atom stereocenters. The highest BCUT2D eigenvalue weighted by molar-refractivity contribution is 6.33. The van der Waals surface area contributed by atoms with Crippen molar-refractivity contribution < 1.29 is 14.3 Å². The molecule has 0 spiro atoms. The SMILES string of the molecule is COc1ccc([C@H](C)NC(=O)c2cc(-c3ccccc3Cl)n[nH]2)cc1OC. The summed E-state index contributed by atoms with van der Waals surface area (Å²) >= 11 is 6.19. The van der Waals surface area contributed by atoms with Gasteiger partial charge in [-0.2, -0.15) is 5.10 Å². The minimum atomic E-state index is -0.261. The molecule has 7 heteroatoms. The van der Waals surface area contributed by atoms with Gasteiger partial charge in [-0.05, 0) is 36.8 Å². The number of hydrogen-bond donors (Lipinski definition) is 2. The van der Waals surface area contributed by atoms with Crippen LogP contribution in [0.2, 0.25) is 5.02 Å². The number of carbonyl (C=O) groups excluding carboxylic acids is 1. The van der Waals surface area contributed by atoms with Gasteiger partial charge in [-0.15, -0.1) is 0 Å². The third-order valence-electron chi connectivity index (χ3n) is 4.23. The number of carbonyl (C=O) groups is 1. The zero-order valence-corrected chi connectivity index (χ0v) is 16.0. The van der Waals surface area contributed by atoms with Gasteiger partial charge in [-0.3, -0.25) is 9.89 Å². The molecule has 2 aromatic carbocycles. The molecule has 0 aliphatic carbocycles. The van der Waals surface area contributed by atoms with E-state index in [0.717, 1.165) is 11.1 Å². The molecule has 0 radical (unpaired) electrons. The smallest absolute Gasteiger partial charge is 0.269 e. The average Bonchev–Trinajstić information content (AvgIpc) is 3.17. The van der Waals surface area contributed by atoms with E-state index < -0.39 is 0 Å². The van der Waals surface area contributed by atoms with Crippen LogP contribution in [0.5, 0.6) is 11.5 Å². The Balaban J connectivity index is 1.75. The first-order valence-electron chi connectivity index (χ1n) is 8.36. The lowest BCUT2D eigenvalue weighted by atomic mass is 10.1. The number of H-pyrrole nitrogens is 1. The van der Waals surface area contributed by atoms with E-state index in [1.165, 1.54) is 0 Å². The molecule has 0 bridgehead atoms. The Hall–Kier alpha value is -2.99. The van der Waals surface area contributed by atoms with Crippen molar-refractivity contribution >= 4 is 17.5 Å². The lowest BCUT2D eigenvalue weighted by Gasteiger charge is -2.16. The Morgan fingerprint density at radius 3 is 2.56 bits per heavy atom. The molecule has 140 valence electrons. The molecule has 3 aromatic rings. The summed E-state index contributed by atoms with van der Waals surface area (Å²) in [5.41, 5.74) is 2.64. The summed E-state index contributed by atoms with van der Waals surface area (Å²) in [6.45, 7) is 1.89. The van der Waals surface area contributed by atoms with Gasteiger partial charge in [0.05, 0.1) is 31.0 Å². The van der Waals surface area contributed by atoms with Crippen molar-refractivity contribution in [1.29, 1.82) is 0 Å². The van der Waals surface area contributed by atoms with Gasteiger partial charge in [0.2, 0.25) is 0 Å². The minimum absolute atomic E-state index is 0.232. The highest BCUT2D eigenvalue weighted by atomic mass is 35.5. The van der Waals surface area contributed by atoms with Crippen LogP contribution in [0.3, 0.4) is 0 Å². The second-order valence-electron chi connectivity index (χ2n) is 5.96. The largest absolute Gasteiger partial charge is 0.493 e. The molecule has 1 amide bonds. The first kappa shape index (κ1) is 18.8. The van der Waals surface area contributed by atoms with Crippen molar-refractivity contribution in [3.05, 3.63) is 64.8 Å². The Kier molecular flexibility index (Phi) is 5.66. The van der Waals surface area contributed by atoms with E-state index in [9.17, 15) is 4.79 Å². The number of methoxy groups -OCH3 is 2. The predicted molar refractivity (Wildman–Crippen MR) is 104 cm³/mol. The normalized spacial score (nSPS) is 11.7. The van der Waals surface area contributed by atoms with Crippen LogP contribution in [0, 0.1) is 0 Å². The quantitative estimate of drug-likeness (QED) is 0.665. The van der Waals surface area contributed by atoms with Crippen LogP contribution < -0.4 is 14.8 Å². The van der Waals surface area contributed by atoms with Crippen LogP contribution >= 0.6 is 11.6 Å². The molecule has 1 atom stereocenters. The van der Waals surface area contributed by atoms with E-state index in [1.54, 1.807) is 26.4 Å². The van der Waals surface area contributed by atoms with Gasteiger partial charge in [0.1, 0.15) is 5.69 Å². The maximum atomic E-state index is 12.6. The molecule has 0 aliphatic rings. The summed E-state index contributed by atoms with van der Waals surface area (Å²) < 4.78 is 10.6. The second kappa shape index (κ2) is 8.14. The molecule has 3 rings (SSSR count). The molecule has 0 saturated carbocycles. The molecule has 0 saturated heterocycles. The third-order valence-corrected chi connectivity index (χ3v) is 4.56. The predicted octanol–water partition coefficient (Wildman–Crippen LogP) is 4.24. The zero-order chi connectivity index (χ0) is 19.4. The minimum Gasteiger partial charge on any atom is -0.493 e. The number of aromatic nitrogens is 2. The van der Waals surface area contributed by atoms with Crippen molar-refractivity contribution in [2.75, 3.05) is 14.2 Å². The van der Waals surface area contributed by atoms with Crippen LogP contribution in [0.25, 0.3) is 11.3 Å². The number of aromatic amines is 1. The van der Waals surface area contributed by atoms with Crippen molar-refractivity contribution in [3.63, 3.8) is 0 Å². The summed E-state index contributed by atoms with van der Waals surface area (Å²) in [6.07, 6.45) is 0. The topological polar surface area (TPSA) is 76.2 Å². The molecule has 6 nitrogen and oxygen atoms in total. The van der Waals surface area contributed by atoms with Gasteiger partial charge in [-0.1, -0.05) is 35.9 Å². The Bertz CT molecular complexity index is 955. The van der Waals surface area contributed by atoms with E-state index in [4.69, 9.17) is 21.1 Å². The number of amides is 1. The number of benzene rings is 2. The summed E-state index contributed by atoms with van der Waals surface area (Å²) in [5, 5.41) is 10.5. The van der Waals surface area contributed by atoms with Crippen LogP contribution in [0.15, 0.2) is 48.5 Å². The molecule has 27 heavy (non-hydrogen) atoms. The maximum absolute atomic E-state index is 12.6. The summed E-state index contributed by atoms with van der Waals surface area (Å²) in [5.74, 6) is 0.986. The van der Waals surface area contributed by atoms with E-state index >= 15 is 0 Å². The van der Waals surface area contributed by atoms with Gasteiger partial charge < -0.3 is 14.8 Å². The van der Waals surface area contributed by atoms with Crippen molar-refractivity contribution in [2.45, 2.75) is 13.0 Å². The molecule has 0 aliphatic heterocycles. The van der Waals surface area contributed by atoms with Crippen LogP contribution in [0.4, 0.5) is 0 Å². The number of ether oxygens (including phenoxy) is 2. The molecular weight excluding hydrogens is 366 g/mol. The first-order chi connectivity index (χ1) is 13.0. The van der Waals surface area contributed by atoms with E-state index in [-0.39, 0.29) is 11.9 Å². The number of nitrogens with zero attached hydrogens (tertiary/aromatic N) is 1. The van der Waals surface area contributed by atoms with Crippen molar-refractivity contribution in [2.24, 2.45) is 0 Å². The van der Waals surface area contributed by atoms with E-state index in [2.05, 4.69) is 15.5 Å². The fourth-order valence-electron chi connectivity index (χ4n) is 2.72. The molecule has 0 fully saturated rings. The standard InChI is InChI=1S/C20H20ClN3O3/c1-12(13-8-9-18(26-2)19(10-13)27-3)22-20(25)17-11-16(23-24-17)14-6-4-5-7-15(14)21/h4-12H,1-3H3,(H,22,25)(H,23,24)/t12-/m0/s1. The average molecular weight is 386 g/mol. The highest BCUT2D eigenvalue weighted by Gasteiger charge is 2.17. The Morgan fingerprint density at radius 1 is 1.11 bits per heavy atom. The molecular formula is C20H20ClN3O3. The van der Waals surface area contributed by atoms with Crippen LogP contribution in [-0.4, -0.2) is 30.3 Å². The second-order valence-corrected chi connectivity index (χ2v) is 6.36. The van der Waals surface area contributed by atoms with Gasteiger partial charge in [-0.25, -0.2) is 0 Å². The molecule has 1 aromatic heterocycles. The third kappa shape index (κ3) is 4.06. The lowest BCUT2D eigenvalue weighted by molar-refractivity contribution is 0.0934. The molecule has 1 heterocycles. The number of nitrogens with one attached hydrogen (secondary N) is 2. The van der Waals surface area contributed by atoms with Crippen LogP contribution in [0.1, 0.15) is 29.0 Å². The summed E-state index contributed by atoms with van der Waals surface area (Å²) in [7, 11) is 3.16. The van der Waals surface area contributed by atoms with Crippen molar-refractivity contribution in [3.8, 4) is 22.8 Å². The zero-order valence-electron chi connectivity index (χ0n) is 15.2. The fourth-order valence-corrected chi connectivity index (χ4v) is 2.96. The van der Waals surface area contributed by atoms with E-state index in [0.29, 0.717) is 27.9 Å². The fraction of sp³-hybridized carbons (Fsp3) is 0.200. The maximum Gasteiger partial charge on any atom is 0.269 e. The molecule has 2 N–H and O–H groups in total. The number of rotatable bonds is 6. The van der Waals surface area contributed by atoms with Crippen LogP contribution in [-0.2, 0) is 0 Å². The highest BCUT2D eigenvalue weighted by Crippen LogP contribution is 2.30. The van der Waals surface area contributed by atoms with E-state index in [1.807, 2.05) is 43.3 Å². The van der Waals surface area contributed by atoms with Gasteiger partial charge >= 0.3 is 0 Å². The monoisotopic (exact) mass is 385 g/mol. The lowest BCUT2D eigenvalue weighted by Crippen LogP contribution is -2.27. The van der Waals surface area contributed by atoms with Gasteiger partial charge in [0.25, 0.3) is 5.91 Å². The van der Waals surface area contributed by atoms with Gasteiger partial charge in [0, 0.05) is 5.56 Å². The Labute approximate surface area is 162 Å². The first-order valence-corrected chi connectivity index (χ1v) is 8.74. The number of hydrogen-bond acceptors (Lipinski definition) is 4. The summed E-state index contributed by atoms with van der Waals surface area (Å²) in [6, 6.07) is 14.3. The van der Waals surface area contributed by atoms with Crippen molar-refractivity contribution in [1.82, 2.24) is 15.5 Å².